The average molecular weight is 300 g/mol. The normalized spacial score (nSPS) is 18.4. The molecule has 1 aliphatic rings. The number of methoxy groups -OCH3 is 1. The van der Waals surface area contributed by atoms with E-state index in [0.717, 1.165) is 31.2 Å². The lowest BCUT2D eigenvalue weighted by molar-refractivity contribution is 0.367. The third-order valence-electron chi connectivity index (χ3n) is 4.28. The lowest BCUT2D eigenvalue weighted by Gasteiger charge is -2.27. The van der Waals surface area contributed by atoms with Crippen molar-refractivity contribution in [2.24, 2.45) is 5.92 Å². The van der Waals surface area contributed by atoms with Crippen LogP contribution in [0.2, 0.25) is 0 Å². The third-order valence-corrected chi connectivity index (χ3v) is 4.28. The number of hydrogen-bond donors (Lipinski definition) is 2. The molecular formula is C17H24N4O. The van der Waals surface area contributed by atoms with Crippen molar-refractivity contribution >= 4 is 5.82 Å². The number of anilines is 1. The summed E-state index contributed by atoms with van der Waals surface area (Å²) in [5.41, 5.74) is 2.47. The van der Waals surface area contributed by atoms with Crippen molar-refractivity contribution in [1.29, 1.82) is 0 Å². The van der Waals surface area contributed by atoms with E-state index in [1.807, 2.05) is 23.0 Å². The van der Waals surface area contributed by atoms with Crippen LogP contribution in [-0.2, 0) is 6.54 Å². The summed E-state index contributed by atoms with van der Waals surface area (Å²) in [6.45, 7) is 7.19. The van der Waals surface area contributed by atoms with Gasteiger partial charge in [0.15, 0.2) is 0 Å². The largest absolute Gasteiger partial charge is 0.496 e. The van der Waals surface area contributed by atoms with E-state index in [9.17, 15) is 0 Å². The van der Waals surface area contributed by atoms with E-state index in [1.165, 1.54) is 11.1 Å². The highest BCUT2D eigenvalue weighted by Gasteiger charge is 2.19. The Balaban J connectivity index is 1.61. The highest BCUT2D eigenvalue weighted by Crippen LogP contribution is 2.26. The van der Waals surface area contributed by atoms with Gasteiger partial charge < -0.3 is 15.4 Å². The Kier molecular flexibility index (Phi) is 4.34. The number of rotatable bonds is 5. The van der Waals surface area contributed by atoms with Crippen LogP contribution in [0.15, 0.2) is 30.5 Å². The smallest absolute Gasteiger partial charge is 0.124 e. The zero-order valence-corrected chi connectivity index (χ0v) is 13.5. The van der Waals surface area contributed by atoms with E-state index < -0.39 is 0 Å². The Morgan fingerprint density at radius 2 is 2.32 bits per heavy atom. The molecule has 1 aliphatic heterocycles. The predicted molar refractivity (Wildman–Crippen MR) is 88.4 cm³/mol. The Bertz CT molecular complexity index is 637. The topological polar surface area (TPSA) is 51.1 Å². The molecule has 22 heavy (non-hydrogen) atoms. The summed E-state index contributed by atoms with van der Waals surface area (Å²) in [6, 6.07) is 8.60. The van der Waals surface area contributed by atoms with Gasteiger partial charge in [0, 0.05) is 43.2 Å². The molecule has 0 saturated carbocycles. The minimum Gasteiger partial charge on any atom is -0.496 e. The van der Waals surface area contributed by atoms with Crippen LogP contribution >= 0.6 is 0 Å². The van der Waals surface area contributed by atoms with Crippen molar-refractivity contribution in [3.8, 4) is 5.75 Å². The van der Waals surface area contributed by atoms with Crippen molar-refractivity contribution in [3.05, 3.63) is 41.6 Å². The van der Waals surface area contributed by atoms with Crippen LogP contribution in [0.25, 0.3) is 0 Å². The Labute approximate surface area is 131 Å². The molecule has 0 saturated heterocycles. The maximum absolute atomic E-state index is 5.48. The molecule has 0 bridgehead atoms. The molecule has 0 aliphatic carbocycles. The number of benzene rings is 1. The van der Waals surface area contributed by atoms with E-state index in [4.69, 9.17) is 4.74 Å². The zero-order chi connectivity index (χ0) is 15.5. The van der Waals surface area contributed by atoms with Crippen LogP contribution < -0.4 is 15.4 Å². The molecular weight excluding hydrogens is 276 g/mol. The number of aromatic nitrogens is 2. The monoisotopic (exact) mass is 300 g/mol. The van der Waals surface area contributed by atoms with E-state index >= 15 is 0 Å². The molecule has 5 heteroatoms. The van der Waals surface area contributed by atoms with Gasteiger partial charge in [-0.05, 0) is 19.9 Å². The van der Waals surface area contributed by atoms with Gasteiger partial charge >= 0.3 is 0 Å². The SMILES string of the molecule is COc1ccc(C)cc1[C@@H](C)NC[C@@H]1CNc2ccnn2C1. The van der Waals surface area contributed by atoms with Crippen LogP contribution in [0.1, 0.15) is 24.1 Å². The van der Waals surface area contributed by atoms with Crippen LogP contribution in [0, 0.1) is 12.8 Å². The standard InChI is InChI=1S/C17H24N4O/c1-12-4-5-16(22-3)15(8-12)13(2)18-9-14-10-19-17-6-7-20-21(17)11-14/h4-8,13-14,18-19H,9-11H2,1-3H3/t13-,14-/m1/s1. The summed E-state index contributed by atoms with van der Waals surface area (Å²) in [7, 11) is 1.73. The summed E-state index contributed by atoms with van der Waals surface area (Å²) < 4.78 is 7.52. The molecule has 0 unspecified atom stereocenters. The van der Waals surface area contributed by atoms with Gasteiger partial charge in [0.05, 0.1) is 13.3 Å². The summed E-state index contributed by atoms with van der Waals surface area (Å²) in [5.74, 6) is 2.59. The quantitative estimate of drug-likeness (QED) is 0.891. The maximum atomic E-state index is 5.48. The Morgan fingerprint density at radius 1 is 1.45 bits per heavy atom. The highest BCUT2D eigenvalue weighted by molar-refractivity contribution is 5.39. The van der Waals surface area contributed by atoms with Crippen molar-refractivity contribution < 1.29 is 4.74 Å². The summed E-state index contributed by atoms with van der Waals surface area (Å²) in [4.78, 5) is 0. The molecule has 2 atom stereocenters. The zero-order valence-electron chi connectivity index (χ0n) is 13.5. The highest BCUT2D eigenvalue weighted by atomic mass is 16.5. The number of nitrogens with one attached hydrogen (secondary N) is 2. The van der Waals surface area contributed by atoms with Gasteiger partial charge in [-0.3, -0.25) is 0 Å². The Morgan fingerprint density at radius 3 is 3.14 bits per heavy atom. The molecule has 2 heterocycles. The van der Waals surface area contributed by atoms with Gasteiger partial charge in [-0.25, -0.2) is 4.68 Å². The molecule has 0 amide bonds. The van der Waals surface area contributed by atoms with Gasteiger partial charge in [-0.2, -0.15) is 5.10 Å². The first-order valence-corrected chi connectivity index (χ1v) is 7.81. The van der Waals surface area contributed by atoms with E-state index in [2.05, 4.69) is 41.7 Å². The molecule has 1 aromatic carbocycles. The molecule has 0 spiro atoms. The van der Waals surface area contributed by atoms with E-state index in [1.54, 1.807) is 7.11 Å². The average Bonchev–Trinajstić information content (AvgIpc) is 3.00. The number of aryl methyl sites for hydroxylation is 1. The second kappa shape index (κ2) is 6.40. The Hall–Kier alpha value is -2.01. The van der Waals surface area contributed by atoms with Gasteiger partial charge in [0.25, 0.3) is 0 Å². The number of fused-ring (bicyclic) bond motifs is 1. The molecule has 2 N–H and O–H groups in total. The van der Waals surface area contributed by atoms with Crippen molar-refractivity contribution in [2.75, 3.05) is 25.5 Å². The first-order valence-electron chi connectivity index (χ1n) is 7.81. The summed E-state index contributed by atoms with van der Waals surface area (Å²) in [6.07, 6.45) is 1.85. The first-order chi connectivity index (χ1) is 10.7. The fourth-order valence-corrected chi connectivity index (χ4v) is 2.97. The molecule has 2 aromatic rings. The second-order valence-corrected chi connectivity index (χ2v) is 6.02. The molecule has 0 radical (unpaired) electrons. The van der Waals surface area contributed by atoms with Crippen LogP contribution in [0.5, 0.6) is 5.75 Å². The number of nitrogens with zero attached hydrogens (tertiary/aromatic N) is 2. The fourth-order valence-electron chi connectivity index (χ4n) is 2.97. The van der Waals surface area contributed by atoms with Crippen LogP contribution in [0.3, 0.4) is 0 Å². The second-order valence-electron chi connectivity index (χ2n) is 6.02. The molecule has 118 valence electrons. The lowest BCUT2D eigenvalue weighted by atomic mass is 10.0. The molecule has 3 rings (SSSR count). The van der Waals surface area contributed by atoms with Gasteiger partial charge in [-0.15, -0.1) is 0 Å². The van der Waals surface area contributed by atoms with Crippen molar-refractivity contribution in [3.63, 3.8) is 0 Å². The van der Waals surface area contributed by atoms with Crippen LogP contribution in [0.4, 0.5) is 5.82 Å². The summed E-state index contributed by atoms with van der Waals surface area (Å²) >= 11 is 0. The predicted octanol–water partition coefficient (Wildman–Crippen LogP) is 2.59. The van der Waals surface area contributed by atoms with Gasteiger partial charge in [-0.1, -0.05) is 17.7 Å². The minimum atomic E-state index is 0.258. The van der Waals surface area contributed by atoms with Crippen LogP contribution in [-0.4, -0.2) is 30.0 Å². The minimum absolute atomic E-state index is 0.258. The number of hydrogen-bond acceptors (Lipinski definition) is 4. The molecule has 5 nitrogen and oxygen atoms in total. The van der Waals surface area contributed by atoms with Gasteiger partial charge in [0.2, 0.25) is 0 Å². The van der Waals surface area contributed by atoms with E-state index in [-0.39, 0.29) is 6.04 Å². The van der Waals surface area contributed by atoms with Crippen molar-refractivity contribution in [2.45, 2.75) is 26.4 Å². The first kappa shape index (κ1) is 14.9. The fraction of sp³-hybridized carbons (Fsp3) is 0.471. The third kappa shape index (κ3) is 3.09. The summed E-state index contributed by atoms with van der Waals surface area (Å²) in [5, 5.41) is 11.4. The molecule has 1 aromatic heterocycles. The lowest BCUT2D eigenvalue weighted by Crippen LogP contribution is -2.36. The van der Waals surface area contributed by atoms with E-state index in [0.29, 0.717) is 5.92 Å². The van der Waals surface area contributed by atoms with Gasteiger partial charge in [0.1, 0.15) is 11.6 Å². The maximum Gasteiger partial charge on any atom is 0.124 e. The molecule has 0 fully saturated rings. The number of ether oxygens (including phenoxy) is 1. The van der Waals surface area contributed by atoms with Crippen molar-refractivity contribution in [1.82, 2.24) is 15.1 Å².